The zero-order valence-corrected chi connectivity index (χ0v) is 15.8. The summed E-state index contributed by atoms with van der Waals surface area (Å²) < 4.78 is 0. The Morgan fingerprint density at radius 3 is 2.54 bits per heavy atom. The van der Waals surface area contributed by atoms with Crippen LogP contribution in [0.15, 0.2) is 42.5 Å². The van der Waals surface area contributed by atoms with Crippen molar-refractivity contribution in [2.24, 2.45) is 0 Å². The van der Waals surface area contributed by atoms with Crippen LogP contribution in [0.1, 0.15) is 15.9 Å². The maximum Gasteiger partial charge on any atom is 0.270 e. The molecule has 1 fully saturated rings. The molecule has 0 radical (unpaired) electrons. The lowest BCUT2D eigenvalue weighted by Crippen LogP contribution is -3.10. The topological polar surface area (TPSA) is 67.9 Å². The summed E-state index contributed by atoms with van der Waals surface area (Å²) in [5, 5.41) is 11.6. The number of halogens is 2. The van der Waals surface area contributed by atoms with Crippen molar-refractivity contribution in [2.75, 3.05) is 26.2 Å². The molecule has 26 heavy (non-hydrogen) atoms. The maximum absolute atomic E-state index is 12.6. The molecular weight excluding hydrogens is 377 g/mol. The number of benzene rings is 2. The SMILES string of the molecule is Cc1ccc(Cl)cc1[NH+]1CCN(C(=O)c2cccc([N+](=O)[O-])c2)CC1.[Cl-]. The maximum atomic E-state index is 12.6. The van der Waals surface area contributed by atoms with E-state index in [4.69, 9.17) is 11.6 Å². The summed E-state index contributed by atoms with van der Waals surface area (Å²) in [6.45, 7) is 4.81. The summed E-state index contributed by atoms with van der Waals surface area (Å²) >= 11 is 6.10. The third kappa shape index (κ3) is 4.33. The van der Waals surface area contributed by atoms with Gasteiger partial charge in [-0.1, -0.05) is 23.7 Å². The third-order valence-electron chi connectivity index (χ3n) is 4.54. The number of aryl methyl sites for hydroxylation is 1. The number of nitro groups is 1. The lowest BCUT2D eigenvalue weighted by atomic mass is 10.1. The summed E-state index contributed by atoms with van der Waals surface area (Å²) in [5.74, 6) is -0.162. The van der Waals surface area contributed by atoms with Crippen LogP contribution in [-0.4, -0.2) is 41.9 Å². The van der Waals surface area contributed by atoms with Gasteiger partial charge < -0.3 is 17.3 Å². The van der Waals surface area contributed by atoms with Crippen LogP contribution in [0.4, 0.5) is 11.4 Å². The number of hydrogen-bond acceptors (Lipinski definition) is 3. The predicted molar refractivity (Wildman–Crippen MR) is 95.5 cm³/mol. The van der Waals surface area contributed by atoms with Crippen molar-refractivity contribution in [3.63, 3.8) is 0 Å². The first kappa shape index (κ1) is 20.2. The van der Waals surface area contributed by atoms with E-state index in [-0.39, 0.29) is 24.0 Å². The molecule has 1 heterocycles. The van der Waals surface area contributed by atoms with Crippen LogP contribution >= 0.6 is 11.6 Å². The number of non-ortho nitro benzene ring substituents is 1. The van der Waals surface area contributed by atoms with Gasteiger partial charge >= 0.3 is 0 Å². The zero-order chi connectivity index (χ0) is 18.0. The average molecular weight is 396 g/mol. The van der Waals surface area contributed by atoms with Gasteiger partial charge in [-0.15, -0.1) is 0 Å². The van der Waals surface area contributed by atoms with Crippen LogP contribution in [-0.2, 0) is 0 Å². The van der Waals surface area contributed by atoms with Crippen molar-refractivity contribution >= 4 is 28.9 Å². The molecule has 6 nitrogen and oxygen atoms in total. The van der Waals surface area contributed by atoms with E-state index in [2.05, 4.69) is 6.92 Å². The largest absolute Gasteiger partial charge is 1.00 e. The van der Waals surface area contributed by atoms with Gasteiger partial charge in [0, 0.05) is 34.3 Å². The molecule has 1 saturated heterocycles. The quantitative estimate of drug-likeness (QED) is 0.548. The molecule has 1 aliphatic rings. The number of piperazine rings is 1. The van der Waals surface area contributed by atoms with Crippen LogP contribution in [0.25, 0.3) is 0 Å². The molecule has 0 spiro atoms. The van der Waals surface area contributed by atoms with Crippen molar-refractivity contribution in [3.8, 4) is 0 Å². The Hall–Kier alpha value is -2.15. The van der Waals surface area contributed by atoms with Crippen LogP contribution < -0.4 is 17.3 Å². The van der Waals surface area contributed by atoms with E-state index in [9.17, 15) is 14.9 Å². The molecule has 0 aromatic heterocycles. The minimum atomic E-state index is -0.485. The predicted octanol–water partition coefficient (Wildman–Crippen LogP) is -0.767. The summed E-state index contributed by atoms with van der Waals surface area (Å²) in [6, 6.07) is 11.7. The number of amides is 1. The Bertz CT molecular complexity index is 821. The van der Waals surface area contributed by atoms with E-state index < -0.39 is 4.92 Å². The fraction of sp³-hybridized carbons (Fsp3) is 0.278. The van der Waals surface area contributed by atoms with Crippen LogP contribution in [0.2, 0.25) is 5.02 Å². The van der Waals surface area contributed by atoms with Gasteiger partial charge in [0.1, 0.15) is 5.69 Å². The molecule has 3 rings (SSSR count). The van der Waals surface area contributed by atoms with Gasteiger partial charge in [-0.05, 0) is 19.1 Å². The summed E-state index contributed by atoms with van der Waals surface area (Å²) in [5.41, 5.74) is 2.63. The highest BCUT2D eigenvalue weighted by molar-refractivity contribution is 6.30. The highest BCUT2D eigenvalue weighted by Crippen LogP contribution is 2.18. The normalized spacial score (nSPS) is 14.6. The highest BCUT2D eigenvalue weighted by atomic mass is 35.5. The lowest BCUT2D eigenvalue weighted by Gasteiger charge is -2.32. The van der Waals surface area contributed by atoms with Crippen molar-refractivity contribution in [1.29, 1.82) is 0 Å². The van der Waals surface area contributed by atoms with E-state index in [1.807, 2.05) is 18.2 Å². The van der Waals surface area contributed by atoms with Gasteiger partial charge in [0.05, 0.1) is 31.1 Å². The molecular formula is C18H19Cl2N3O3. The lowest BCUT2D eigenvalue weighted by molar-refractivity contribution is -0.837. The molecule has 0 aliphatic carbocycles. The fourth-order valence-electron chi connectivity index (χ4n) is 3.16. The Labute approximate surface area is 162 Å². The molecule has 2 aromatic rings. The second-order valence-electron chi connectivity index (χ2n) is 6.16. The van der Waals surface area contributed by atoms with E-state index >= 15 is 0 Å². The van der Waals surface area contributed by atoms with E-state index in [1.54, 1.807) is 17.0 Å². The molecule has 1 aliphatic heterocycles. The smallest absolute Gasteiger partial charge is 0.270 e. The number of hydrogen-bond donors (Lipinski definition) is 1. The second kappa shape index (κ2) is 8.49. The number of carbonyl (C=O) groups is 1. The van der Waals surface area contributed by atoms with Crippen LogP contribution in [0, 0.1) is 17.0 Å². The number of rotatable bonds is 3. The van der Waals surface area contributed by atoms with Crippen molar-refractivity contribution in [1.82, 2.24) is 4.90 Å². The zero-order valence-electron chi connectivity index (χ0n) is 14.2. The second-order valence-corrected chi connectivity index (χ2v) is 6.60. The Morgan fingerprint density at radius 2 is 1.88 bits per heavy atom. The van der Waals surface area contributed by atoms with Gasteiger partial charge in [-0.3, -0.25) is 19.8 Å². The van der Waals surface area contributed by atoms with E-state index in [1.165, 1.54) is 22.6 Å². The van der Waals surface area contributed by atoms with E-state index in [0.29, 0.717) is 23.7 Å². The van der Waals surface area contributed by atoms with Crippen molar-refractivity contribution in [2.45, 2.75) is 6.92 Å². The standard InChI is InChI=1S/C18H18ClN3O3.ClH/c1-13-5-6-15(19)12-17(13)20-7-9-21(10-8-20)18(23)14-3-2-4-16(11-14)22(24)25;/h2-6,11-12H,7-10H2,1H3;1H. The molecule has 0 unspecified atom stereocenters. The third-order valence-corrected chi connectivity index (χ3v) is 4.77. The van der Waals surface area contributed by atoms with Crippen LogP contribution in [0.5, 0.6) is 0 Å². The van der Waals surface area contributed by atoms with Crippen molar-refractivity contribution in [3.05, 3.63) is 68.7 Å². The fourth-order valence-corrected chi connectivity index (χ4v) is 3.33. The van der Waals surface area contributed by atoms with Gasteiger partial charge in [-0.2, -0.15) is 0 Å². The number of nitrogens with one attached hydrogen (secondary N) is 1. The highest BCUT2D eigenvalue weighted by Gasteiger charge is 2.27. The number of quaternary nitrogens is 1. The molecule has 8 heteroatoms. The number of nitrogens with zero attached hydrogens (tertiary/aromatic N) is 2. The monoisotopic (exact) mass is 395 g/mol. The molecule has 1 N–H and O–H groups in total. The molecule has 1 amide bonds. The first-order valence-electron chi connectivity index (χ1n) is 8.10. The number of carbonyl (C=O) groups excluding carboxylic acids is 1. The Kier molecular flexibility index (Phi) is 6.58. The summed E-state index contributed by atoms with van der Waals surface area (Å²) in [6.07, 6.45) is 0. The Morgan fingerprint density at radius 1 is 1.19 bits per heavy atom. The van der Waals surface area contributed by atoms with Crippen molar-refractivity contribution < 1.29 is 27.0 Å². The first-order valence-corrected chi connectivity index (χ1v) is 8.48. The summed E-state index contributed by atoms with van der Waals surface area (Å²) in [4.78, 5) is 26.1. The first-order chi connectivity index (χ1) is 12.0. The van der Waals surface area contributed by atoms with Gasteiger partial charge in [0.15, 0.2) is 0 Å². The van der Waals surface area contributed by atoms with Gasteiger partial charge in [-0.25, -0.2) is 0 Å². The van der Waals surface area contributed by atoms with Crippen LogP contribution in [0.3, 0.4) is 0 Å². The average Bonchev–Trinajstić information content (AvgIpc) is 2.63. The van der Waals surface area contributed by atoms with Gasteiger partial charge in [0.2, 0.25) is 0 Å². The molecule has 138 valence electrons. The molecule has 0 saturated carbocycles. The number of nitro benzene ring substituents is 1. The minimum absolute atomic E-state index is 0. The summed E-state index contributed by atoms with van der Waals surface area (Å²) in [7, 11) is 0. The van der Waals surface area contributed by atoms with E-state index in [0.717, 1.165) is 18.8 Å². The van der Waals surface area contributed by atoms with Gasteiger partial charge in [0.25, 0.3) is 11.6 Å². The molecule has 0 bridgehead atoms. The molecule has 0 atom stereocenters. The minimum Gasteiger partial charge on any atom is -1.00 e. The molecule has 2 aromatic carbocycles. The Balaban J connectivity index is 0.00000243.